The third-order valence-electron chi connectivity index (χ3n) is 2.94. The van der Waals surface area contributed by atoms with Crippen molar-refractivity contribution >= 4 is 48.6 Å². The molecule has 3 rings (SSSR count). The van der Waals surface area contributed by atoms with Gasteiger partial charge in [-0.25, -0.2) is 4.98 Å². The minimum atomic E-state index is 0.659. The quantitative estimate of drug-likeness (QED) is 0.690. The Labute approximate surface area is 133 Å². The van der Waals surface area contributed by atoms with Crippen molar-refractivity contribution < 1.29 is 0 Å². The van der Waals surface area contributed by atoms with Gasteiger partial charge in [-0.05, 0) is 63.0 Å². The molecule has 0 aliphatic heterocycles. The molecule has 0 saturated carbocycles. The first-order chi connectivity index (χ1) is 9.61. The Morgan fingerprint density at radius 1 is 1.25 bits per heavy atom. The molecule has 0 unspecified atom stereocenters. The number of pyridine rings is 1. The summed E-state index contributed by atoms with van der Waals surface area (Å²) >= 11 is 6.91. The summed E-state index contributed by atoms with van der Waals surface area (Å²) in [7, 11) is 0. The number of H-pyrrole nitrogens is 1. The van der Waals surface area contributed by atoms with E-state index in [0.717, 1.165) is 37.2 Å². The van der Waals surface area contributed by atoms with Crippen LogP contribution < -0.4 is 5.32 Å². The predicted octanol–water partition coefficient (Wildman–Crippen LogP) is 4.40. The number of anilines is 1. The number of imidazole rings is 1. The summed E-state index contributed by atoms with van der Waals surface area (Å²) in [6, 6.07) is 8.08. The van der Waals surface area contributed by atoms with Crippen molar-refractivity contribution in [2.75, 3.05) is 5.32 Å². The summed E-state index contributed by atoms with van der Waals surface area (Å²) in [5.41, 5.74) is 4.03. The van der Waals surface area contributed by atoms with E-state index in [4.69, 9.17) is 0 Å². The van der Waals surface area contributed by atoms with Gasteiger partial charge in [-0.2, -0.15) is 0 Å². The van der Waals surface area contributed by atoms with Gasteiger partial charge in [-0.1, -0.05) is 0 Å². The van der Waals surface area contributed by atoms with Gasteiger partial charge in [0.1, 0.15) is 5.82 Å². The molecule has 0 amide bonds. The number of hydrogen-bond donors (Lipinski definition) is 2. The van der Waals surface area contributed by atoms with E-state index in [1.807, 2.05) is 25.1 Å². The fraction of sp³-hybridized carbons (Fsp3) is 0.143. The second-order valence-corrected chi connectivity index (χ2v) is 6.26. The molecule has 0 atom stereocenters. The van der Waals surface area contributed by atoms with E-state index in [1.165, 1.54) is 0 Å². The highest BCUT2D eigenvalue weighted by atomic mass is 79.9. The number of benzene rings is 1. The van der Waals surface area contributed by atoms with Crippen LogP contribution in [0.25, 0.3) is 11.0 Å². The number of aromatic amines is 1. The molecular weight excluding hydrogens is 384 g/mol. The summed E-state index contributed by atoms with van der Waals surface area (Å²) in [5.74, 6) is 0.925. The Morgan fingerprint density at radius 2 is 2.10 bits per heavy atom. The zero-order chi connectivity index (χ0) is 14.1. The van der Waals surface area contributed by atoms with Gasteiger partial charge in [-0.3, -0.25) is 4.98 Å². The summed E-state index contributed by atoms with van der Waals surface area (Å²) in [6.07, 6.45) is 1.79. The van der Waals surface area contributed by atoms with Crippen molar-refractivity contribution in [1.29, 1.82) is 0 Å². The monoisotopic (exact) mass is 394 g/mol. The highest BCUT2D eigenvalue weighted by Crippen LogP contribution is 2.22. The number of halogens is 2. The van der Waals surface area contributed by atoms with E-state index in [9.17, 15) is 0 Å². The Morgan fingerprint density at radius 3 is 2.90 bits per heavy atom. The van der Waals surface area contributed by atoms with Gasteiger partial charge in [0.15, 0.2) is 0 Å². The SMILES string of the molecule is Cc1nc2ccc(NCc3ncc(Br)cc3Br)cc2[nH]1. The van der Waals surface area contributed by atoms with Crippen molar-refractivity contribution in [2.45, 2.75) is 13.5 Å². The third-order valence-corrected chi connectivity index (χ3v) is 4.06. The first kappa shape index (κ1) is 13.6. The maximum absolute atomic E-state index is 4.39. The lowest BCUT2D eigenvalue weighted by Gasteiger charge is -2.07. The number of aryl methyl sites for hydroxylation is 1. The molecule has 0 fully saturated rings. The van der Waals surface area contributed by atoms with Gasteiger partial charge in [-0.15, -0.1) is 0 Å². The van der Waals surface area contributed by atoms with Crippen LogP contribution in [0.1, 0.15) is 11.5 Å². The van der Waals surface area contributed by atoms with E-state index in [2.05, 4.69) is 58.2 Å². The van der Waals surface area contributed by atoms with E-state index >= 15 is 0 Å². The molecule has 102 valence electrons. The van der Waals surface area contributed by atoms with Crippen LogP contribution in [0.3, 0.4) is 0 Å². The lowest BCUT2D eigenvalue weighted by Crippen LogP contribution is -2.02. The number of nitrogens with one attached hydrogen (secondary N) is 2. The molecule has 2 heterocycles. The van der Waals surface area contributed by atoms with E-state index in [1.54, 1.807) is 6.20 Å². The Balaban J connectivity index is 1.79. The smallest absolute Gasteiger partial charge is 0.104 e. The van der Waals surface area contributed by atoms with Crippen molar-refractivity contribution in [1.82, 2.24) is 15.0 Å². The fourth-order valence-corrected chi connectivity index (χ4v) is 3.13. The normalized spacial score (nSPS) is 10.9. The summed E-state index contributed by atoms with van der Waals surface area (Å²) < 4.78 is 1.94. The molecule has 0 saturated heterocycles. The molecule has 2 aromatic heterocycles. The zero-order valence-electron chi connectivity index (χ0n) is 10.7. The average Bonchev–Trinajstić information content (AvgIpc) is 2.77. The van der Waals surface area contributed by atoms with Crippen LogP contribution in [0, 0.1) is 6.92 Å². The highest BCUT2D eigenvalue weighted by molar-refractivity contribution is 9.11. The lowest BCUT2D eigenvalue weighted by atomic mass is 10.2. The molecule has 6 heteroatoms. The zero-order valence-corrected chi connectivity index (χ0v) is 13.9. The first-order valence-corrected chi connectivity index (χ1v) is 7.70. The average molecular weight is 396 g/mol. The summed E-state index contributed by atoms with van der Waals surface area (Å²) in [5, 5.41) is 3.37. The second-order valence-electron chi connectivity index (χ2n) is 4.49. The van der Waals surface area contributed by atoms with Gasteiger partial charge in [0.05, 0.1) is 23.3 Å². The fourth-order valence-electron chi connectivity index (χ4n) is 2.01. The van der Waals surface area contributed by atoms with Crippen LogP contribution in [0.2, 0.25) is 0 Å². The Bertz CT molecular complexity index is 767. The Kier molecular flexibility index (Phi) is 3.76. The van der Waals surface area contributed by atoms with Crippen LogP contribution in [0.5, 0.6) is 0 Å². The van der Waals surface area contributed by atoms with E-state index in [0.29, 0.717) is 6.54 Å². The molecule has 20 heavy (non-hydrogen) atoms. The topological polar surface area (TPSA) is 53.6 Å². The van der Waals surface area contributed by atoms with E-state index in [-0.39, 0.29) is 0 Å². The van der Waals surface area contributed by atoms with Gasteiger partial charge in [0.25, 0.3) is 0 Å². The second kappa shape index (κ2) is 5.54. The highest BCUT2D eigenvalue weighted by Gasteiger charge is 2.04. The molecule has 1 aromatic carbocycles. The molecule has 0 radical (unpaired) electrons. The number of fused-ring (bicyclic) bond motifs is 1. The van der Waals surface area contributed by atoms with Crippen molar-refractivity contribution in [3.8, 4) is 0 Å². The Hall–Kier alpha value is -1.40. The third kappa shape index (κ3) is 2.86. The molecule has 3 aromatic rings. The standard InChI is InChI=1S/C14H12Br2N4/c1-8-19-12-3-2-10(5-13(12)20-8)17-7-14-11(16)4-9(15)6-18-14/h2-6,17H,7H2,1H3,(H,19,20). The molecular formula is C14H12Br2N4. The van der Waals surface area contributed by atoms with Crippen LogP contribution in [-0.4, -0.2) is 15.0 Å². The first-order valence-electron chi connectivity index (χ1n) is 6.12. The minimum absolute atomic E-state index is 0.659. The van der Waals surface area contributed by atoms with E-state index < -0.39 is 0 Å². The number of rotatable bonds is 3. The van der Waals surface area contributed by atoms with Crippen LogP contribution in [-0.2, 0) is 6.54 Å². The maximum atomic E-state index is 4.39. The molecule has 0 spiro atoms. The van der Waals surface area contributed by atoms with Crippen molar-refractivity contribution in [3.63, 3.8) is 0 Å². The summed E-state index contributed by atoms with van der Waals surface area (Å²) in [4.78, 5) is 12.0. The van der Waals surface area contributed by atoms with Crippen LogP contribution in [0.4, 0.5) is 5.69 Å². The molecule has 2 N–H and O–H groups in total. The van der Waals surface area contributed by atoms with Crippen LogP contribution in [0.15, 0.2) is 39.4 Å². The molecule has 0 aliphatic rings. The van der Waals surface area contributed by atoms with Crippen molar-refractivity contribution in [3.05, 3.63) is 50.9 Å². The lowest BCUT2D eigenvalue weighted by molar-refractivity contribution is 1.03. The molecule has 0 bridgehead atoms. The van der Waals surface area contributed by atoms with Gasteiger partial charge in [0.2, 0.25) is 0 Å². The number of hydrogen-bond acceptors (Lipinski definition) is 3. The van der Waals surface area contributed by atoms with Crippen LogP contribution >= 0.6 is 31.9 Å². The number of nitrogens with zero attached hydrogens (tertiary/aromatic N) is 2. The molecule has 0 aliphatic carbocycles. The molecule has 4 nitrogen and oxygen atoms in total. The predicted molar refractivity (Wildman–Crippen MR) is 87.8 cm³/mol. The minimum Gasteiger partial charge on any atom is -0.379 e. The maximum Gasteiger partial charge on any atom is 0.104 e. The van der Waals surface area contributed by atoms with Crippen molar-refractivity contribution in [2.24, 2.45) is 0 Å². The van der Waals surface area contributed by atoms with Gasteiger partial charge < -0.3 is 10.3 Å². The van der Waals surface area contributed by atoms with Gasteiger partial charge in [0, 0.05) is 20.8 Å². The summed E-state index contributed by atoms with van der Waals surface area (Å²) in [6.45, 7) is 2.61. The number of aromatic nitrogens is 3. The largest absolute Gasteiger partial charge is 0.379 e. The van der Waals surface area contributed by atoms with Gasteiger partial charge >= 0.3 is 0 Å².